The third-order valence-electron chi connectivity index (χ3n) is 1.65. The Bertz CT molecular complexity index is 380. The summed E-state index contributed by atoms with van der Waals surface area (Å²) in [6.07, 6.45) is 3.51. The van der Waals surface area contributed by atoms with Crippen LogP contribution in [0.3, 0.4) is 0 Å². The highest BCUT2D eigenvalue weighted by atomic mass is 15.3. The minimum absolute atomic E-state index is 0.869. The van der Waals surface area contributed by atoms with Gasteiger partial charge in [-0.2, -0.15) is 9.61 Å². The maximum Gasteiger partial charge on any atom is 0.157 e. The second-order valence-electron chi connectivity index (χ2n) is 2.46. The normalized spacial score (nSPS) is 9.36. The largest absolute Gasteiger partial charge is 0.370 e. The highest BCUT2D eigenvalue weighted by molar-refractivity contribution is 5.46. The van der Waals surface area contributed by atoms with Crippen LogP contribution in [0.15, 0.2) is 24.5 Å². The van der Waals surface area contributed by atoms with Crippen LogP contribution in [0.5, 0.6) is 0 Å². The number of nitrogens with zero attached hydrogens (tertiary/aromatic N) is 3. The minimum atomic E-state index is 0.869. The Morgan fingerprint density at radius 1 is 1.29 bits per heavy atom. The van der Waals surface area contributed by atoms with Crippen LogP contribution in [0, 0.1) is 0 Å². The fourth-order valence-electron chi connectivity index (χ4n) is 1.15. The maximum absolute atomic E-state index is 4.14. The second kappa shape index (κ2) is 5.21. The SMILES string of the molecule is CC.CCNc1ccnc2ccnn12. The first-order chi connectivity index (χ1) is 6.92. The van der Waals surface area contributed by atoms with E-state index in [1.165, 1.54) is 0 Å². The van der Waals surface area contributed by atoms with Gasteiger partial charge < -0.3 is 5.32 Å². The van der Waals surface area contributed by atoms with Crippen molar-refractivity contribution >= 4 is 11.5 Å². The number of aromatic nitrogens is 3. The van der Waals surface area contributed by atoms with Crippen LogP contribution in [0.4, 0.5) is 5.82 Å². The standard InChI is InChI=1S/C8H10N4.C2H6/c1-2-9-7-3-5-10-8-4-6-11-12(7)8;1-2/h3-6,9H,2H2,1H3;1-2H3. The van der Waals surface area contributed by atoms with Crippen molar-refractivity contribution in [3.8, 4) is 0 Å². The molecule has 0 radical (unpaired) electrons. The lowest BCUT2D eigenvalue weighted by atomic mass is 10.5. The fraction of sp³-hybridized carbons (Fsp3) is 0.400. The molecule has 0 aliphatic carbocycles. The molecule has 2 aromatic heterocycles. The predicted octanol–water partition coefficient (Wildman–Crippen LogP) is 2.19. The van der Waals surface area contributed by atoms with Crippen LogP contribution in [-0.2, 0) is 0 Å². The number of nitrogens with one attached hydrogen (secondary N) is 1. The summed E-state index contributed by atoms with van der Waals surface area (Å²) >= 11 is 0. The lowest BCUT2D eigenvalue weighted by Crippen LogP contribution is -2.03. The molecular weight excluding hydrogens is 176 g/mol. The van der Waals surface area contributed by atoms with Gasteiger partial charge >= 0.3 is 0 Å². The summed E-state index contributed by atoms with van der Waals surface area (Å²) in [6.45, 7) is 6.94. The number of hydrogen-bond donors (Lipinski definition) is 1. The second-order valence-corrected chi connectivity index (χ2v) is 2.46. The smallest absolute Gasteiger partial charge is 0.157 e. The van der Waals surface area contributed by atoms with E-state index >= 15 is 0 Å². The summed E-state index contributed by atoms with van der Waals surface area (Å²) in [5.41, 5.74) is 0.869. The third kappa shape index (κ3) is 2.02. The molecule has 76 valence electrons. The Morgan fingerprint density at radius 3 is 2.79 bits per heavy atom. The number of hydrogen-bond acceptors (Lipinski definition) is 3. The molecule has 2 heterocycles. The van der Waals surface area contributed by atoms with E-state index in [0.29, 0.717) is 0 Å². The summed E-state index contributed by atoms with van der Waals surface area (Å²) in [5.74, 6) is 0.979. The van der Waals surface area contributed by atoms with Crippen molar-refractivity contribution in [2.75, 3.05) is 11.9 Å². The van der Waals surface area contributed by atoms with E-state index in [-0.39, 0.29) is 0 Å². The van der Waals surface area contributed by atoms with Crippen molar-refractivity contribution in [3.05, 3.63) is 24.5 Å². The molecule has 0 saturated heterocycles. The topological polar surface area (TPSA) is 42.2 Å². The molecule has 2 aromatic rings. The van der Waals surface area contributed by atoms with Crippen molar-refractivity contribution in [1.82, 2.24) is 14.6 Å². The van der Waals surface area contributed by atoms with Gasteiger partial charge in [0.25, 0.3) is 0 Å². The van der Waals surface area contributed by atoms with E-state index in [9.17, 15) is 0 Å². The molecule has 4 heteroatoms. The van der Waals surface area contributed by atoms with Gasteiger partial charge in [-0.1, -0.05) is 13.8 Å². The van der Waals surface area contributed by atoms with E-state index in [1.54, 1.807) is 16.9 Å². The van der Waals surface area contributed by atoms with E-state index in [2.05, 4.69) is 22.3 Å². The predicted molar refractivity (Wildman–Crippen MR) is 58.5 cm³/mol. The molecule has 0 aromatic carbocycles. The van der Waals surface area contributed by atoms with Gasteiger partial charge in [-0.15, -0.1) is 0 Å². The Kier molecular flexibility index (Phi) is 3.91. The first-order valence-corrected chi connectivity index (χ1v) is 4.94. The molecule has 0 fully saturated rings. The van der Waals surface area contributed by atoms with E-state index in [4.69, 9.17) is 0 Å². The van der Waals surface area contributed by atoms with Crippen molar-refractivity contribution in [3.63, 3.8) is 0 Å². The van der Waals surface area contributed by atoms with Crippen molar-refractivity contribution in [2.24, 2.45) is 0 Å². The Hall–Kier alpha value is -1.58. The monoisotopic (exact) mass is 192 g/mol. The van der Waals surface area contributed by atoms with E-state index in [1.807, 2.05) is 26.0 Å². The van der Waals surface area contributed by atoms with E-state index < -0.39 is 0 Å². The van der Waals surface area contributed by atoms with Crippen molar-refractivity contribution < 1.29 is 0 Å². The summed E-state index contributed by atoms with van der Waals surface area (Å²) in [6, 6.07) is 3.78. The van der Waals surface area contributed by atoms with Crippen LogP contribution < -0.4 is 5.32 Å². The van der Waals surface area contributed by atoms with Gasteiger partial charge in [-0.3, -0.25) is 0 Å². The van der Waals surface area contributed by atoms with Crippen LogP contribution in [0.2, 0.25) is 0 Å². The van der Waals surface area contributed by atoms with Gasteiger partial charge in [-0.25, -0.2) is 4.98 Å². The number of rotatable bonds is 2. The quantitative estimate of drug-likeness (QED) is 0.793. The van der Waals surface area contributed by atoms with Gasteiger partial charge in [-0.05, 0) is 13.0 Å². The Morgan fingerprint density at radius 2 is 2.07 bits per heavy atom. The zero-order valence-electron chi connectivity index (χ0n) is 8.86. The van der Waals surface area contributed by atoms with Crippen LogP contribution in [-0.4, -0.2) is 21.1 Å². The fourth-order valence-corrected chi connectivity index (χ4v) is 1.15. The summed E-state index contributed by atoms with van der Waals surface area (Å²) in [5, 5.41) is 7.33. The molecule has 0 saturated carbocycles. The highest BCUT2D eigenvalue weighted by Crippen LogP contribution is 2.07. The van der Waals surface area contributed by atoms with Crippen molar-refractivity contribution in [1.29, 1.82) is 0 Å². The molecule has 1 N–H and O–H groups in total. The molecule has 0 unspecified atom stereocenters. The summed E-state index contributed by atoms with van der Waals surface area (Å²) in [4.78, 5) is 4.14. The number of anilines is 1. The molecule has 2 rings (SSSR count). The van der Waals surface area contributed by atoms with Gasteiger partial charge in [0, 0.05) is 18.8 Å². The van der Waals surface area contributed by atoms with Gasteiger partial charge in [0.1, 0.15) is 5.82 Å². The van der Waals surface area contributed by atoms with Crippen LogP contribution >= 0.6 is 0 Å². The minimum Gasteiger partial charge on any atom is -0.370 e. The van der Waals surface area contributed by atoms with Gasteiger partial charge in [0.2, 0.25) is 0 Å². The first kappa shape index (κ1) is 10.5. The molecule has 0 bridgehead atoms. The lowest BCUT2D eigenvalue weighted by molar-refractivity contribution is 0.932. The molecule has 0 amide bonds. The highest BCUT2D eigenvalue weighted by Gasteiger charge is 1.98. The average Bonchev–Trinajstić information content (AvgIpc) is 2.70. The zero-order chi connectivity index (χ0) is 10.4. The molecule has 0 spiro atoms. The molecule has 0 aliphatic heterocycles. The van der Waals surface area contributed by atoms with Gasteiger partial charge in [0.05, 0.1) is 6.20 Å². The average molecular weight is 192 g/mol. The molecule has 0 atom stereocenters. The molecule has 0 aliphatic rings. The maximum atomic E-state index is 4.14. The molecule has 14 heavy (non-hydrogen) atoms. The summed E-state index contributed by atoms with van der Waals surface area (Å²) < 4.78 is 1.78. The Balaban J connectivity index is 0.000000461. The summed E-state index contributed by atoms with van der Waals surface area (Å²) in [7, 11) is 0. The Labute approximate surface area is 84.0 Å². The zero-order valence-corrected chi connectivity index (χ0v) is 8.86. The molecule has 4 nitrogen and oxygen atoms in total. The third-order valence-corrected chi connectivity index (χ3v) is 1.65. The van der Waals surface area contributed by atoms with Crippen molar-refractivity contribution in [2.45, 2.75) is 20.8 Å². The first-order valence-electron chi connectivity index (χ1n) is 4.94. The van der Waals surface area contributed by atoms with Crippen LogP contribution in [0.25, 0.3) is 5.65 Å². The number of fused-ring (bicyclic) bond motifs is 1. The van der Waals surface area contributed by atoms with Crippen LogP contribution in [0.1, 0.15) is 20.8 Å². The van der Waals surface area contributed by atoms with E-state index in [0.717, 1.165) is 18.0 Å². The van der Waals surface area contributed by atoms with Gasteiger partial charge in [0.15, 0.2) is 5.65 Å². The molecular formula is C10H16N4. The lowest BCUT2D eigenvalue weighted by Gasteiger charge is -2.03.